The van der Waals surface area contributed by atoms with E-state index in [1.807, 2.05) is 0 Å². The molecule has 0 aromatic heterocycles. The molecule has 2 fully saturated rings. The van der Waals surface area contributed by atoms with Gasteiger partial charge in [-0.25, -0.2) is 4.99 Å². The van der Waals surface area contributed by atoms with Crippen molar-refractivity contribution >= 4 is 29.9 Å². The minimum Gasteiger partial charge on any atom is -0.493 e. The van der Waals surface area contributed by atoms with Gasteiger partial charge in [-0.3, -0.25) is 4.90 Å². The summed E-state index contributed by atoms with van der Waals surface area (Å²) in [6.07, 6.45) is 8.40. The number of ether oxygens (including phenoxy) is 1. The van der Waals surface area contributed by atoms with Crippen LogP contribution < -0.4 is 10.1 Å². The lowest BCUT2D eigenvalue weighted by atomic mass is 10.2. The van der Waals surface area contributed by atoms with E-state index < -0.39 is 0 Å². The predicted molar refractivity (Wildman–Crippen MR) is 126 cm³/mol. The van der Waals surface area contributed by atoms with Crippen molar-refractivity contribution in [1.82, 2.24) is 15.1 Å². The first-order valence-corrected chi connectivity index (χ1v) is 10.5. The van der Waals surface area contributed by atoms with Gasteiger partial charge in [0.1, 0.15) is 5.75 Å². The summed E-state index contributed by atoms with van der Waals surface area (Å²) in [7, 11) is 0. The standard InChI is InChI=1S/C22H32N4O.HI/c1-2-23-22(26-14-11-20(16-26)25-12-5-6-13-25)24-15-19-7-3-4-8-21(19)27-17-18-9-10-18;/h3-8,18,20H,2,9-17H2,1H3,(H,23,24);1H. The SMILES string of the molecule is CCNC(=NCc1ccccc1OCC1CC1)N1CCC(N2CC=CC2)C1.I. The first-order chi connectivity index (χ1) is 13.3. The monoisotopic (exact) mass is 496 g/mol. The molecule has 3 aliphatic rings. The van der Waals surface area contributed by atoms with Gasteiger partial charge < -0.3 is 15.0 Å². The molecule has 1 unspecified atom stereocenters. The fraction of sp³-hybridized carbons (Fsp3) is 0.591. The van der Waals surface area contributed by atoms with E-state index in [-0.39, 0.29) is 24.0 Å². The molecule has 4 rings (SSSR count). The normalized spacial score (nSPS) is 22.4. The van der Waals surface area contributed by atoms with Gasteiger partial charge in [0.15, 0.2) is 5.96 Å². The first kappa shape index (κ1) is 21.4. The highest BCUT2D eigenvalue weighted by Gasteiger charge is 2.29. The van der Waals surface area contributed by atoms with E-state index in [4.69, 9.17) is 9.73 Å². The Morgan fingerprint density at radius 2 is 1.96 bits per heavy atom. The van der Waals surface area contributed by atoms with Crippen LogP contribution >= 0.6 is 24.0 Å². The van der Waals surface area contributed by atoms with Crippen molar-refractivity contribution in [2.45, 2.75) is 38.8 Å². The third-order valence-corrected chi connectivity index (χ3v) is 5.70. The molecule has 1 saturated heterocycles. The van der Waals surface area contributed by atoms with E-state index in [0.29, 0.717) is 12.6 Å². The molecule has 154 valence electrons. The number of halogens is 1. The van der Waals surface area contributed by atoms with Crippen LogP contribution in [0.1, 0.15) is 31.7 Å². The van der Waals surface area contributed by atoms with Crippen molar-refractivity contribution in [1.29, 1.82) is 0 Å². The van der Waals surface area contributed by atoms with Gasteiger partial charge in [-0.05, 0) is 38.2 Å². The smallest absolute Gasteiger partial charge is 0.194 e. The van der Waals surface area contributed by atoms with Gasteiger partial charge in [-0.2, -0.15) is 0 Å². The van der Waals surface area contributed by atoms with Gasteiger partial charge in [0.25, 0.3) is 0 Å². The highest BCUT2D eigenvalue weighted by atomic mass is 127. The number of nitrogens with zero attached hydrogens (tertiary/aromatic N) is 3. The molecule has 1 saturated carbocycles. The number of rotatable bonds is 7. The molecule has 2 aliphatic heterocycles. The molecule has 1 aromatic rings. The van der Waals surface area contributed by atoms with Crippen LogP contribution in [0, 0.1) is 5.92 Å². The Hall–Kier alpha value is -1.28. The quantitative estimate of drug-likeness (QED) is 0.272. The van der Waals surface area contributed by atoms with Gasteiger partial charge in [0, 0.05) is 44.3 Å². The average Bonchev–Trinajstić information content (AvgIpc) is 3.15. The Bertz CT molecular complexity index is 681. The minimum absolute atomic E-state index is 0. The van der Waals surface area contributed by atoms with E-state index in [2.05, 4.69) is 58.5 Å². The Morgan fingerprint density at radius 3 is 2.71 bits per heavy atom. The van der Waals surface area contributed by atoms with E-state index in [0.717, 1.165) is 57.0 Å². The molecule has 6 heteroatoms. The second-order valence-corrected chi connectivity index (χ2v) is 7.85. The van der Waals surface area contributed by atoms with Crippen molar-refractivity contribution in [3.05, 3.63) is 42.0 Å². The second-order valence-electron chi connectivity index (χ2n) is 7.85. The zero-order valence-electron chi connectivity index (χ0n) is 16.8. The van der Waals surface area contributed by atoms with Crippen LogP contribution in [0.3, 0.4) is 0 Å². The van der Waals surface area contributed by atoms with Gasteiger partial charge in [-0.15, -0.1) is 24.0 Å². The number of hydrogen-bond donors (Lipinski definition) is 1. The van der Waals surface area contributed by atoms with Crippen LogP contribution in [0.4, 0.5) is 0 Å². The molecule has 1 aliphatic carbocycles. The summed E-state index contributed by atoms with van der Waals surface area (Å²) >= 11 is 0. The average molecular weight is 496 g/mol. The summed E-state index contributed by atoms with van der Waals surface area (Å²) < 4.78 is 6.05. The summed E-state index contributed by atoms with van der Waals surface area (Å²) in [5, 5.41) is 3.49. The molecular formula is C22H33IN4O. The Kier molecular flexibility index (Phi) is 8.02. The number of guanidine groups is 1. The van der Waals surface area contributed by atoms with Gasteiger partial charge in [-0.1, -0.05) is 30.4 Å². The maximum atomic E-state index is 6.05. The zero-order valence-corrected chi connectivity index (χ0v) is 19.2. The molecule has 0 bridgehead atoms. The van der Waals surface area contributed by atoms with Gasteiger partial charge in [0.2, 0.25) is 0 Å². The van der Waals surface area contributed by atoms with Crippen molar-refractivity contribution in [2.75, 3.05) is 39.3 Å². The molecule has 0 spiro atoms. The summed E-state index contributed by atoms with van der Waals surface area (Å²) in [5.74, 6) is 2.79. The van der Waals surface area contributed by atoms with Crippen molar-refractivity contribution < 1.29 is 4.74 Å². The van der Waals surface area contributed by atoms with Gasteiger partial charge >= 0.3 is 0 Å². The lowest BCUT2D eigenvalue weighted by Crippen LogP contribution is -2.42. The number of nitrogens with one attached hydrogen (secondary N) is 1. The molecule has 5 nitrogen and oxygen atoms in total. The molecule has 2 heterocycles. The topological polar surface area (TPSA) is 40.1 Å². The predicted octanol–water partition coefficient (Wildman–Crippen LogP) is 3.51. The molecule has 0 amide bonds. The summed E-state index contributed by atoms with van der Waals surface area (Å²) in [6, 6.07) is 8.98. The third kappa shape index (κ3) is 5.63. The number of benzene rings is 1. The summed E-state index contributed by atoms with van der Waals surface area (Å²) in [6.45, 7) is 8.87. The van der Waals surface area contributed by atoms with Crippen molar-refractivity contribution in [3.8, 4) is 5.75 Å². The molecule has 28 heavy (non-hydrogen) atoms. The Balaban J connectivity index is 0.00000225. The van der Waals surface area contributed by atoms with Gasteiger partial charge in [0.05, 0.1) is 13.2 Å². The van der Waals surface area contributed by atoms with E-state index >= 15 is 0 Å². The summed E-state index contributed by atoms with van der Waals surface area (Å²) in [5.41, 5.74) is 1.17. The van der Waals surface area contributed by atoms with Crippen molar-refractivity contribution in [2.24, 2.45) is 10.9 Å². The second kappa shape index (κ2) is 10.5. The van der Waals surface area contributed by atoms with Crippen LogP contribution in [-0.2, 0) is 6.54 Å². The third-order valence-electron chi connectivity index (χ3n) is 5.70. The molecule has 0 radical (unpaired) electrons. The van der Waals surface area contributed by atoms with Crippen LogP contribution in [-0.4, -0.2) is 61.1 Å². The first-order valence-electron chi connectivity index (χ1n) is 10.5. The fourth-order valence-electron chi connectivity index (χ4n) is 3.88. The van der Waals surface area contributed by atoms with Crippen LogP contribution in [0.5, 0.6) is 5.75 Å². The molecule has 1 aromatic carbocycles. The van der Waals surface area contributed by atoms with Crippen LogP contribution in [0.15, 0.2) is 41.4 Å². The van der Waals surface area contributed by atoms with Crippen LogP contribution in [0.2, 0.25) is 0 Å². The Morgan fingerprint density at radius 1 is 1.18 bits per heavy atom. The number of para-hydroxylation sites is 1. The maximum absolute atomic E-state index is 6.05. The fourth-order valence-corrected chi connectivity index (χ4v) is 3.88. The lowest BCUT2D eigenvalue weighted by molar-refractivity contribution is 0.259. The van der Waals surface area contributed by atoms with Crippen molar-refractivity contribution in [3.63, 3.8) is 0 Å². The summed E-state index contributed by atoms with van der Waals surface area (Å²) in [4.78, 5) is 9.92. The highest BCUT2D eigenvalue weighted by molar-refractivity contribution is 14.0. The maximum Gasteiger partial charge on any atom is 0.194 e. The zero-order chi connectivity index (χ0) is 18.5. The number of likely N-dealkylation sites (tertiary alicyclic amines) is 1. The molecule has 1 atom stereocenters. The van der Waals surface area contributed by atoms with E-state index in [1.54, 1.807) is 0 Å². The minimum atomic E-state index is 0. The number of hydrogen-bond acceptors (Lipinski definition) is 3. The Labute approximate surface area is 186 Å². The molecular weight excluding hydrogens is 463 g/mol. The largest absolute Gasteiger partial charge is 0.493 e. The highest BCUT2D eigenvalue weighted by Crippen LogP contribution is 2.30. The lowest BCUT2D eigenvalue weighted by Gasteiger charge is -2.25. The van der Waals surface area contributed by atoms with E-state index in [1.165, 1.54) is 24.8 Å². The molecule has 1 N–H and O–H groups in total. The van der Waals surface area contributed by atoms with E-state index in [9.17, 15) is 0 Å². The number of aliphatic imine (C=N–C) groups is 1. The van der Waals surface area contributed by atoms with Crippen LogP contribution in [0.25, 0.3) is 0 Å².